The Bertz CT molecular complexity index is 432. The molecule has 1 rings (SSSR count). The number of carbonyl (C=O) groups is 2. The Kier molecular flexibility index (Phi) is 5.15. The maximum atomic E-state index is 11.5. The van der Waals surface area contributed by atoms with Gasteiger partial charge in [0.05, 0.1) is 13.5 Å². The number of methoxy groups -OCH3 is 1. The number of carbonyl (C=O) groups excluding carboxylic acids is 2. The summed E-state index contributed by atoms with van der Waals surface area (Å²) in [6, 6.07) is 5.58. The van der Waals surface area contributed by atoms with Crippen molar-refractivity contribution in [2.45, 2.75) is 19.8 Å². The molecule has 0 aliphatic rings. The molecule has 0 unspecified atom stereocenters. The lowest BCUT2D eigenvalue weighted by Crippen LogP contribution is -2.14. The van der Waals surface area contributed by atoms with Gasteiger partial charge in [-0.15, -0.1) is 0 Å². The first kappa shape index (κ1) is 13.7. The quantitative estimate of drug-likeness (QED) is 0.870. The molecule has 0 radical (unpaired) electrons. The zero-order valence-corrected chi connectivity index (χ0v) is 11.3. The fourth-order valence-corrected chi connectivity index (χ4v) is 1.77. The van der Waals surface area contributed by atoms with Gasteiger partial charge < -0.3 is 10.1 Å². The molecule has 0 heterocycles. The lowest BCUT2D eigenvalue weighted by atomic mass is 10.2. The molecule has 4 nitrogen and oxygen atoms in total. The molecular weight excluding hydrogens is 286 g/mol. The minimum absolute atomic E-state index is 0.0951. The number of nitrogens with one attached hydrogen (secondary N) is 1. The van der Waals surface area contributed by atoms with Crippen LogP contribution in [0.4, 0.5) is 5.69 Å². The maximum Gasteiger partial charge on any atom is 0.306 e. The number of anilines is 1. The van der Waals surface area contributed by atoms with Crippen LogP contribution in [0.15, 0.2) is 22.7 Å². The van der Waals surface area contributed by atoms with Crippen molar-refractivity contribution in [1.29, 1.82) is 0 Å². The van der Waals surface area contributed by atoms with E-state index in [9.17, 15) is 9.59 Å². The third kappa shape index (κ3) is 4.56. The average molecular weight is 300 g/mol. The van der Waals surface area contributed by atoms with E-state index in [-0.39, 0.29) is 24.7 Å². The highest BCUT2D eigenvalue weighted by Gasteiger charge is 2.08. The first-order chi connectivity index (χ1) is 8.02. The normalized spacial score (nSPS) is 9.82. The second-order valence-electron chi connectivity index (χ2n) is 3.58. The van der Waals surface area contributed by atoms with Crippen LogP contribution in [-0.4, -0.2) is 19.0 Å². The van der Waals surface area contributed by atoms with Gasteiger partial charge in [-0.2, -0.15) is 0 Å². The third-order valence-electron chi connectivity index (χ3n) is 2.25. The molecule has 0 aliphatic heterocycles. The number of halogens is 1. The molecule has 0 bridgehead atoms. The molecule has 17 heavy (non-hydrogen) atoms. The smallest absolute Gasteiger partial charge is 0.306 e. The average Bonchev–Trinajstić information content (AvgIpc) is 2.29. The third-order valence-corrected chi connectivity index (χ3v) is 2.74. The van der Waals surface area contributed by atoms with E-state index in [1.54, 1.807) is 0 Å². The molecule has 0 fully saturated rings. The molecule has 5 heteroatoms. The van der Waals surface area contributed by atoms with Gasteiger partial charge in [-0.1, -0.05) is 15.9 Å². The van der Waals surface area contributed by atoms with Crippen LogP contribution < -0.4 is 5.32 Å². The van der Waals surface area contributed by atoms with Gasteiger partial charge in [0, 0.05) is 16.6 Å². The van der Waals surface area contributed by atoms with Crippen molar-refractivity contribution in [3.8, 4) is 0 Å². The van der Waals surface area contributed by atoms with Gasteiger partial charge in [-0.3, -0.25) is 9.59 Å². The lowest BCUT2D eigenvalue weighted by Gasteiger charge is -2.08. The Hall–Kier alpha value is -1.36. The van der Waals surface area contributed by atoms with Gasteiger partial charge in [-0.05, 0) is 30.7 Å². The van der Waals surface area contributed by atoms with E-state index in [2.05, 4.69) is 26.0 Å². The molecule has 0 saturated carbocycles. The largest absolute Gasteiger partial charge is 0.469 e. The predicted octanol–water partition coefficient (Wildman–Crippen LogP) is 2.65. The van der Waals surface area contributed by atoms with E-state index < -0.39 is 0 Å². The van der Waals surface area contributed by atoms with Crippen LogP contribution in [0, 0.1) is 6.92 Å². The summed E-state index contributed by atoms with van der Waals surface area (Å²) >= 11 is 3.35. The zero-order valence-electron chi connectivity index (χ0n) is 9.75. The van der Waals surface area contributed by atoms with Crippen LogP contribution in [-0.2, 0) is 14.3 Å². The van der Waals surface area contributed by atoms with Crippen LogP contribution in [0.3, 0.4) is 0 Å². The Morgan fingerprint density at radius 2 is 2.06 bits per heavy atom. The van der Waals surface area contributed by atoms with Crippen molar-refractivity contribution in [1.82, 2.24) is 0 Å². The van der Waals surface area contributed by atoms with Crippen molar-refractivity contribution in [2.24, 2.45) is 0 Å². The number of amides is 1. The van der Waals surface area contributed by atoms with Crippen molar-refractivity contribution in [2.75, 3.05) is 12.4 Å². The van der Waals surface area contributed by atoms with Gasteiger partial charge in [-0.25, -0.2) is 0 Å². The SMILES string of the molecule is COC(=O)CCC(=O)Nc1ccc(Br)cc1C. The summed E-state index contributed by atoms with van der Waals surface area (Å²) in [6.07, 6.45) is 0.222. The van der Waals surface area contributed by atoms with Crippen LogP contribution in [0.2, 0.25) is 0 Å². The minimum atomic E-state index is -0.382. The van der Waals surface area contributed by atoms with Crippen LogP contribution in [0.5, 0.6) is 0 Å². The number of hydrogen-bond donors (Lipinski definition) is 1. The van der Waals surface area contributed by atoms with E-state index in [0.29, 0.717) is 0 Å². The second-order valence-corrected chi connectivity index (χ2v) is 4.50. The van der Waals surface area contributed by atoms with E-state index in [1.807, 2.05) is 25.1 Å². The van der Waals surface area contributed by atoms with Crippen molar-refractivity contribution in [3.63, 3.8) is 0 Å². The van der Waals surface area contributed by atoms with Gasteiger partial charge >= 0.3 is 5.97 Å². The summed E-state index contributed by atoms with van der Waals surface area (Å²) in [7, 11) is 1.30. The van der Waals surface area contributed by atoms with Crippen LogP contribution >= 0.6 is 15.9 Å². The second kappa shape index (κ2) is 6.39. The van der Waals surface area contributed by atoms with Crippen molar-refractivity contribution in [3.05, 3.63) is 28.2 Å². The predicted molar refractivity (Wildman–Crippen MR) is 68.8 cm³/mol. The number of ether oxygens (including phenoxy) is 1. The highest BCUT2D eigenvalue weighted by Crippen LogP contribution is 2.20. The van der Waals surface area contributed by atoms with Gasteiger partial charge in [0.15, 0.2) is 0 Å². The minimum Gasteiger partial charge on any atom is -0.469 e. The van der Waals surface area contributed by atoms with Crippen LogP contribution in [0.25, 0.3) is 0 Å². The number of aryl methyl sites for hydroxylation is 1. The summed E-state index contributed by atoms with van der Waals surface area (Å²) < 4.78 is 5.43. The molecule has 1 aromatic rings. The van der Waals surface area contributed by atoms with Gasteiger partial charge in [0.2, 0.25) is 5.91 Å². The molecule has 1 aromatic carbocycles. The number of hydrogen-bond acceptors (Lipinski definition) is 3. The highest BCUT2D eigenvalue weighted by atomic mass is 79.9. The standard InChI is InChI=1S/C12H14BrNO3/c1-8-7-9(13)3-4-10(8)14-11(15)5-6-12(16)17-2/h3-4,7H,5-6H2,1-2H3,(H,14,15). The summed E-state index contributed by atoms with van der Waals surface area (Å²) in [5, 5.41) is 2.75. The monoisotopic (exact) mass is 299 g/mol. The Balaban J connectivity index is 2.53. The molecule has 0 aliphatic carbocycles. The highest BCUT2D eigenvalue weighted by molar-refractivity contribution is 9.10. The number of rotatable bonds is 4. The molecule has 0 saturated heterocycles. The maximum absolute atomic E-state index is 11.5. The fourth-order valence-electron chi connectivity index (χ4n) is 1.30. The van der Waals surface area contributed by atoms with E-state index in [4.69, 9.17) is 0 Å². The molecule has 1 N–H and O–H groups in total. The molecule has 0 spiro atoms. The van der Waals surface area contributed by atoms with Gasteiger partial charge in [0.1, 0.15) is 0 Å². The Labute approximate surface area is 108 Å². The molecular formula is C12H14BrNO3. The Morgan fingerprint density at radius 3 is 2.65 bits per heavy atom. The molecule has 0 aromatic heterocycles. The summed E-state index contributed by atoms with van der Waals surface area (Å²) in [6.45, 7) is 1.90. The zero-order chi connectivity index (χ0) is 12.8. The Morgan fingerprint density at radius 1 is 1.35 bits per heavy atom. The van der Waals surface area contributed by atoms with Crippen LogP contribution in [0.1, 0.15) is 18.4 Å². The molecule has 1 amide bonds. The first-order valence-corrected chi connectivity index (χ1v) is 5.95. The van der Waals surface area contributed by atoms with E-state index >= 15 is 0 Å². The molecule has 92 valence electrons. The van der Waals surface area contributed by atoms with Gasteiger partial charge in [0.25, 0.3) is 0 Å². The van der Waals surface area contributed by atoms with Crippen molar-refractivity contribution >= 4 is 33.5 Å². The van der Waals surface area contributed by atoms with E-state index in [0.717, 1.165) is 15.7 Å². The summed E-state index contributed by atoms with van der Waals surface area (Å²) in [5.74, 6) is -0.575. The summed E-state index contributed by atoms with van der Waals surface area (Å²) in [5.41, 5.74) is 1.72. The van der Waals surface area contributed by atoms with Crippen molar-refractivity contribution < 1.29 is 14.3 Å². The lowest BCUT2D eigenvalue weighted by molar-refractivity contribution is -0.141. The topological polar surface area (TPSA) is 55.4 Å². The first-order valence-electron chi connectivity index (χ1n) is 5.15. The van der Waals surface area contributed by atoms with E-state index in [1.165, 1.54) is 7.11 Å². The summed E-state index contributed by atoms with van der Waals surface area (Å²) in [4.78, 5) is 22.4. The molecule has 0 atom stereocenters. The fraction of sp³-hybridized carbons (Fsp3) is 0.333. The number of esters is 1. The number of benzene rings is 1.